The van der Waals surface area contributed by atoms with Crippen molar-refractivity contribution >= 4 is 12.4 Å². The molecule has 2 heterocycles. The molecule has 0 radical (unpaired) electrons. The van der Waals surface area contributed by atoms with Crippen LogP contribution in [-0.4, -0.2) is 19.9 Å². The molecule has 2 aromatic heterocycles. The number of hydrogen-bond donors (Lipinski definition) is 1. The summed E-state index contributed by atoms with van der Waals surface area (Å²) >= 11 is 0. The molecule has 0 atom stereocenters. The van der Waals surface area contributed by atoms with E-state index in [1.54, 1.807) is 6.20 Å². The van der Waals surface area contributed by atoms with E-state index in [4.69, 9.17) is 10.3 Å². The Morgan fingerprint density at radius 2 is 1.88 bits per heavy atom. The Balaban J connectivity index is 0.00000196. The standard InChI is InChI=1S/C19H23N5O.ClH/c1-12(2)16-15(11-21-24(16)14-7-5-13(3)6-8-14)17-22-18(23-25-17)19(20)9-4-10-19;/h5-8,11-12H,4,9-10,20H2,1-3H3;1H. The van der Waals surface area contributed by atoms with Crippen molar-refractivity contribution in [1.29, 1.82) is 0 Å². The highest BCUT2D eigenvalue weighted by Gasteiger charge is 2.39. The molecule has 1 fully saturated rings. The molecule has 1 aliphatic carbocycles. The second-order valence-electron chi connectivity index (χ2n) is 7.28. The largest absolute Gasteiger partial charge is 0.334 e. The van der Waals surface area contributed by atoms with Crippen molar-refractivity contribution < 1.29 is 4.52 Å². The van der Waals surface area contributed by atoms with Crippen molar-refractivity contribution in [2.24, 2.45) is 5.73 Å². The van der Waals surface area contributed by atoms with Gasteiger partial charge in [0.2, 0.25) is 0 Å². The van der Waals surface area contributed by atoms with Crippen molar-refractivity contribution in [2.75, 3.05) is 0 Å². The van der Waals surface area contributed by atoms with E-state index < -0.39 is 5.54 Å². The number of hydrogen-bond acceptors (Lipinski definition) is 5. The third-order valence-corrected chi connectivity index (χ3v) is 4.98. The highest BCUT2D eigenvalue weighted by atomic mass is 35.5. The molecule has 0 spiro atoms. The maximum Gasteiger partial charge on any atom is 0.261 e. The van der Waals surface area contributed by atoms with Gasteiger partial charge in [0.25, 0.3) is 5.89 Å². The molecule has 1 saturated carbocycles. The summed E-state index contributed by atoms with van der Waals surface area (Å²) in [5.74, 6) is 1.35. The van der Waals surface area contributed by atoms with Crippen molar-refractivity contribution in [3.63, 3.8) is 0 Å². The molecule has 0 amide bonds. The van der Waals surface area contributed by atoms with Crippen LogP contribution in [0.25, 0.3) is 17.1 Å². The second kappa shape index (κ2) is 6.85. The van der Waals surface area contributed by atoms with Crippen molar-refractivity contribution in [2.45, 2.75) is 51.5 Å². The minimum atomic E-state index is -0.424. The lowest BCUT2D eigenvalue weighted by molar-refractivity contribution is 0.229. The van der Waals surface area contributed by atoms with Crippen molar-refractivity contribution in [1.82, 2.24) is 19.9 Å². The van der Waals surface area contributed by atoms with E-state index in [9.17, 15) is 0 Å². The molecular formula is C19H24ClN5O. The minimum absolute atomic E-state index is 0. The Morgan fingerprint density at radius 1 is 1.19 bits per heavy atom. The molecule has 0 bridgehead atoms. The first-order chi connectivity index (χ1) is 12.0. The zero-order valence-corrected chi connectivity index (χ0v) is 16.1. The molecule has 1 aromatic carbocycles. The van der Waals surface area contributed by atoms with Gasteiger partial charge in [-0.3, -0.25) is 0 Å². The Morgan fingerprint density at radius 3 is 2.46 bits per heavy atom. The predicted octanol–water partition coefficient (Wildman–Crippen LogP) is 4.11. The maximum absolute atomic E-state index is 6.32. The fraction of sp³-hybridized carbons (Fsp3) is 0.421. The fourth-order valence-electron chi connectivity index (χ4n) is 3.29. The minimum Gasteiger partial charge on any atom is -0.334 e. The summed E-state index contributed by atoms with van der Waals surface area (Å²) in [4.78, 5) is 4.58. The van der Waals surface area contributed by atoms with Crippen LogP contribution < -0.4 is 5.73 Å². The van der Waals surface area contributed by atoms with Gasteiger partial charge in [0.1, 0.15) is 0 Å². The monoisotopic (exact) mass is 373 g/mol. The molecular weight excluding hydrogens is 350 g/mol. The molecule has 1 aliphatic rings. The number of aromatic nitrogens is 4. The summed E-state index contributed by atoms with van der Waals surface area (Å²) in [6.45, 7) is 6.35. The summed E-state index contributed by atoms with van der Waals surface area (Å²) in [5, 5.41) is 8.71. The summed E-state index contributed by atoms with van der Waals surface area (Å²) in [5.41, 5.74) is 10.1. The van der Waals surface area contributed by atoms with E-state index in [2.05, 4.69) is 60.3 Å². The van der Waals surface area contributed by atoms with Gasteiger partial charge >= 0.3 is 0 Å². The SMILES string of the molecule is Cc1ccc(-n2ncc(-c3nc(C4(N)CCC4)no3)c2C(C)C)cc1.Cl. The highest BCUT2D eigenvalue weighted by molar-refractivity contribution is 5.85. The summed E-state index contributed by atoms with van der Waals surface area (Å²) in [6.07, 6.45) is 4.73. The molecule has 4 rings (SSSR count). The van der Waals surface area contributed by atoms with Gasteiger partial charge in [0.05, 0.1) is 28.7 Å². The highest BCUT2D eigenvalue weighted by Crippen LogP contribution is 2.38. The lowest BCUT2D eigenvalue weighted by Gasteiger charge is -2.34. The van der Waals surface area contributed by atoms with Gasteiger partial charge in [-0.25, -0.2) is 4.68 Å². The van der Waals surface area contributed by atoms with Crippen LogP contribution in [0.4, 0.5) is 0 Å². The van der Waals surface area contributed by atoms with Gasteiger partial charge in [0, 0.05) is 0 Å². The summed E-state index contributed by atoms with van der Waals surface area (Å²) < 4.78 is 7.49. The van der Waals surface area contributed by atoms with E-state index in [0.717, 1.165) is 36.2 Å². The van der Waals surface area contributed by atoms with Crippen LogP contribution in [0.3, 0.4) is 0 Å². The van der Waals surface area contributed by atoms with Gasteiger partial charge in [-0.15, -0.1) is 12.4 Å². The molecule has 0 saturated heterocycles. The Hall–Kier alpha value is -2.18. The zero-order chi connectivity index (χ0) is 17.6. The third-order valence-electron chi connectivity index (χ3n) is 4.98. The van der Waals surface area contributed by atoms with Crippen LogP contribution in [0.2, 0.25) is 0 Å². The molecule has 0 unspecified atom stereocenters. The van der Waals surface area contributed by atoms with E-state index in [1.165, 1.54) is 5.56 Å². The molecule has 138 valence electrons. The predicted molar refractivity (Wildman–Crippen MR) is 103 cm³/mol. The van der Waals surface area contributed by atoms with Crippen LogP contribution >= 0.6 is 12.4 Å². The molecule has 2 N–H and O–H groups in total. The number of rotatable bonds is 4. The molecule has 3 aromatic rings. The lowest BCUT2D eigenvalue weighted by atomic mass is 9.77. The number of nitrogens with zero attached hydrogens (tertiary/aromatic N) is 4. The second-order valence-corrected chi connectivity index (χ2v) is 7.28. The Kier molecular flexibility index (Phi) is 4.90. The average molecular weight is 374 g/mol. The van der Waals surface area contributed by atoms with Crippen molar-refractivity contribution in [3.8, 4) is 17.1 Å². The first-order valence-corrected chi connectivity index (χ1v) is 8.76. The normalized spacial score (nSPS) is 15.6. The van der Waals surface area contributed by atoms with Gasteiger partial charge in [-0.1, -0.05) is 36.7 Å². The van der Waals surface area contributed by atoms with Gasteiger partial charge in [-0.2, -0.15) is 10.1 Å². The van der Waals surface area contributed by atoms with Gasteiger partial charge in [-0.05, 0) is 44.2 Å². The van der Waals surface area contributed by atoms with Gasteiger partial charge in [0.15, 0.2) is 5.82 Å². The first kappa shape index (κ1) is 18.6. The van der Waals surface area contributed by atoms with E-state index in [1.807, 2.05) is 4.68 Å². The van der Waals surface area contributed by atoms with Crippen LogP contribution in [0.5, 0.6) is 0 Å². The van der Waals surface area contributed by atoms with Crippen LogP contribution in [0, 0.1) is 6.92 Å². The van der Waals surface area contributed by atoms with E-state index in [-0.39, 0.29) is 18.3 Å². The van der Waals surface area contributed by atoms with Crippen molar-refractivity contribution in [3.05, 3.63) is 47.5 Å². The van der Waals surface area contributed by atoms with Crippen LogP contribution in [0.1, 0.15) is 56.1 Å². The number of benzene rings is 1. The summed E-state index contributed by atoms with van der Waals surface area (Å²) in [7, 11) is 0. The lowest BCUT2D eigenvalue weighted by Crippen LogP contribution is -2.44. The average Bonchev–Trinajstić information content (AvgIpc) is 3.20. The third kappa shape index (κ3) is 3.04. The number of aryl methyl sites for hydroxylation is 1. The number of nitrogens with two attached hydrogens (primary N) is 1. The zero-order valence-electron chi connectivity index (χ0n) is 15.3. The molecule has 6 nitrogen and oxygen atoms in total. The number of halogens is 1. The van der Waals surface area contributed by atoms with E-state index >= 15 is 0 Å². The van der Waals surface area contributed by atoms with E-state index in [0.29, 0.717) is 11.7 Å². The van der Waals surface area contributed by atoms with Crippen LogP contribution in [0.15, 0.2) is 35.0 Å². The fourth-order valence-corrected chi connectivity index (χ4v) is 3.29. The topological polar surface area (TPSA) is 82.8 Å². The quantitative estimate of drug-likeness (QED) is 0.743. The maximum atomic E-state index is 6.32. The molecule has 26 heavy (non-hydrogen) atoms. The summed E-state index contributed by atoms with van der Waals surface area (Å²) in [6, 6.07) is 8.31. The van der Waals surface area contributed by atoms with Gasteiger partial charge < -0.3 is 10.3 Å². The smallest absolute Gasteiger partial charge is 0.261 e. The Labute approximate surface area is 159 Å². The van der Waals surface area contributed by atoms with Crippen LogP contribution in [-0.2, 0) is 5.54 Å². The molecule has 0 aliphatic heterocycles. The first-order valence-electron chi connectivity index (χ1n) is 8.76. The Bertz CT molecular complexity index is 893. The molecule has 7 heteroatoms.